The highest BCUT2D eigenvalue weighted by Gasteiger charge is 2.28. The number of benzene rings is 3. The first-order valence-corrected chi connectivity index (χ1v) is 11.2. The zero-order chi connectivity index (χ0) is 23.9. The van der Waals surface area contributed by atoms with Gasteiger partial charge in [-0.25, -0.2) is 4.79 Å². The standard InChI is InChI=1S/C27H26N2O5/c1-2-33-26-15-14-20(29(31)32)17-19(26)9-7-8-16-28-27(30)34-18-25-23-12-5-3-10-21(23)22-11-4-6-13-24(22)25/h3-7,9-15,17,25H,2,8,16,18H2,1H3,(H,28,30). The molecule has 3 aromatic rings. The van der Waals surface area contributed by atoms with Gasteiger partial charge < -0.3 is 14.8 Å². The third-order valence-electron chi connectivity index (χ3n) is 5.73. The van der Waals surface area contributed by atoms with Crippen LogP contribution in [0, 0.1) is 10.1 Å². The highest BCUT2D eigenvalue weighted by molar-refractivity contribution is 5.79. The number of non-ortho nitro benzene ring substituents is 1. The lowest BCUT2D eigenvalue weighted by atomic mass is 9.98. The van der Waals surface area contributed by atoms with Crippen LogP contribution in [0.2, 0.25) is 0 Å². The molecule has 7 nitrogen and oxygen atoms in total. The zero-order valence-corrected chi connectivity index (χ0v) is 18.9. The molecule has 7 heteroatoms. The summed E-state index contributed by atoms with van der Waals surface area (Å²) in [7, 11) is 0. The Bertz CT molecular complexity index is 1180. The second-order valence-corrected chi connectivity index (χ2v) is 7.86. The normalized spacial score (nSPS) is 12.3. The van der Waals surface area contributed by atoms with E-state index >= 15 is 0 Å². The van der Waals surface area contributed by atoms with E-state index in [2.05, 4.69) is 29.6 Å². The van der Waals surface area contributed by atoms with E-state index in [9.17, 15) is 14.9 Å². The molecule has 0 radical (unpaired) electrons. The molecule has 174 valence electrons. The van der Waals surface area contributed by atoms with Crippen molar-refractivity contribution in [3.05, 3.63) is 99.6 Å². The molecule has 3 aromatic carbocycles. The molecule has 0 aromatic heterocycles. The van der Waals surface area contributed by atoms with Crippen molar-refractivity contribution in [3.8, 4) is 16.9 Å². The van der Waals surface area contributed by atoms with Crippen molar-refractivity contribution in [1.29, 1.82) is 0 Å². The van der Waals surface area contributed by atoms with E-state index < -0.39 is 11.0 Å². The average molecular weight is 459 g/mol. The Morgan fingerprint density at radius 3 is 2.38 bits per heavy atom. The van der Waals surface area contributed by atoms with Crippen LogP contribution in [0.5, 0.6) is 5.75 Å². The molecular weight excluding hydrogens is 432 g/mol. The third-order valence-corrected chi connectivity index (χ3v) is 5.73. The van der Waals surface area contributed by atoms with E-state index in [0.717, 1.165) is 0 Å². The number of amides is 1. The van der Waals surface area contributed by atoms with Crippen LogP contribution >= 0.6 is 0 Å². The van der Waals surface area contributed by atoms with Crippen molar-refractivity contribution >= 4 is 17.9 Å². The first kappa shape index (κ1) is 23.0. The van der Waals surface area contributed by atoms with Crippen LogP contribution in [-0.4, -0.2) is 30.8 Å². The van der Waals surface area contributed by atoms with Gasteiger partial charge in [-0.2, -0.15) is 0 Å². The van der Waals surface area contributed by atoms with Crippen molar-refractivity contribution in [2.45, 2.75) is 19.3 Å². The molecule has 1 aliphatic rings. The maximum Gasteiger partial charge on any atom is 0.407 e. The minimum atomic E-state index is -0.472. The van der Waals surface area contributed by atoms with Crippen LogP contribution in [0.3, 0.4) is 0 Å². The number of nitro benzene ring substituents is 1. The second kappa shape index (κ2) is 10.7. The smallest absolute Gasteiger partial charge is 0.407 e. The number of hydrogen-bond donors (Lipinski definition) is 1. The van der Waals surface area contributed by atoms with Gasteiger partial charge in [-0.05, 0) is 41.7 Å². The molecule has 34 heavy (non-hydrogen) atoms. The van der Waals surface area contributed by atoms with Crippen molar-refractivity contribution in [2.75, 3.05) is 19.8 Å². The molecule has 0 heterocycles. The SMILES string of the molecule is CCOc1ccc([N+](=O)[O-])cc1C=CCCNC(=O)OCC1c2ccccc2-c2ccccc21. The van der Waals surface area contributed by atoms with Gasteiger partial charge in [-0.1, -0.05) is 60.7 Å². The molecule has 0 fully saturated rings. The van der Waals surface area contributed by atoms with E-state index in [0.29, 0.717) is 30.9 Å². The summed E-state index contributed by atoms with van der Waals surface area (Å²) in [4.78, 5) is 22.9. The van der Waals surface area contributed by atoms with Crippen molar-refractivity contribution in [2.24, 2.45) is 0 Å². The third kappa shape index (κ3) is 5.09. The lowest BCUT2D eigenvalue weighted by Crippen LogP contribution is -2.26. The van der Waals surface area contributed by atoms with E-state index in [1.807, 2.05) is 37.3 Å². The van der Waals surface area contributed by atoms with Crippen LogP contribution in [0.15, 0.2) is 72.8 Å². The fourth-order valence-corrected chi connectivity index (χ4v) is 4.18. The number of alkyl carbamates (subject to hydrolysis) is 1. The first-order chi connectivity index (χ1) is 16.6. The summed E-state index contributed by atoms with van der Waals surface area (Å²) in [5.74, 6) is 0.595. The van der Waals surface area contributed by atoms with Crippen LogP contribution < -0.4 is 10.1 Å². The fourth-order valence-electron chi connectivity index (χ4n) is 4.18. The Kier molecular flexibility index (Phi) is 7.22. The molecule has 1 N–H and O–H groups in total. The lowest BCUT2D eigenvalue weighted by Gasteiger charge is -2.14. The molecule has 1 aliphatic carbocycles. The fraction of sp³-hybridized carbons (Fsp3) is 0.222. The van der Waals surface area contributed by atoms with Gasteiger partial charge in [0.1, 0.15) is 12.4 Å². The Hall–Kier alpha value is -4.13. The molecule has 0 atom stereocenters. The van der Waals surface area contributed by atoms with Crippen LogP contribution in [0.1, 0.15) is 36.0 Å². The molecule has 0 saturated carbocycles. The maximum absolute atomic E-state index is 12.3. The number of ether oxygens (including phenoxy) is 2. The van der Waals surface area contributed by atoms with Gasteiger partial charge in [-0.3, -0.25) is 10.1 Å². The molecule has 0 saturated heterocycles. The van der Waals surface area contributed by atoms with Gasteiger partial charge in [0.2, 0.25) is 0 Å². The van der Waals surface area contributed by atoms with Crippen LogP contribution in [-0.2, 0) is 4.74 Å². The van der Waals surface area contributed by atoms with Gasteiger partial charge >= 0.3 is 6.09 Å². The summed E-state index contributed by atoms with van der Waals surface area (Å²) < 4.78 is 11.1. The van der Waals surface area contributed by atoms with E-state index in [4.69, 9.17) is 9.47 Å². The van der Waals surface area contributed by atoms with Crippen molar-refractivity contribution < 1.29 is 19.2 Å². The summed E-state index contributed by atoms with van der Waals surface area (Å²) in [6, 6.07) is 20.9. The summed E-state index contributed by atoms with van der Waals surface area (Å²) in [5.41, 5.74) is 5.33. The topological polar surface area (TPSA) is 90.7 Å². The highest BCUT2D eigenvalue weighted by Crippen LogP contribution is 2.44. The van der Waals surface area contributed by atoms with Gasteiger partial charge in [0.25, 0.3) is 5.69 Å². The Labute approximate surface area is 198 Å². The predicted molar refractivity (Wildman–Crippen MR) is 131 cm³/mol. The largest absolute Gasteiger partial charge is 0.493 e. The maximum atomic E-state index is 12.3. The summed E-state index contributed by atoms with van der Waals surface area (Å²) in [5, 5.41) is 13.8. The van der Waals surface area contributed by atoms with Crippen LogP contribution in [0.4, 0.5) is 10.5 Å². The predicted octanol–water partition coefficient (Wildman–Crippen LogP) is 5.94. The summed E-state index contributed by atoms with van der Waals surface area (Å²) in [6.45, 7) is 2.96. The number of carbonyl (C=O) groups is 1. The zero-order valence-electron chi connectivity index (χ0n) is 18.9. The molecule has 0 aliphatic heterocycles. The van der Waals surface area contributed by atoms with Crippen molar-refractivity contribution in [3.63, 3.8) is 0 Å². The quantitative estimate of drug-likeness (QED) is 0.244. The van der Waals surface area contributed by atoms with E-state index in [1.54, 1.807) is 12.1 Å². The molecule has 0 bridgehead atoms. The number of hydrogen-bond acceptors (Lipinski definition) is 5. The van der Waals surface area contributed by atoms with Gasteiger partial charge in [0.05, 0.1) is 11.5 Å². The minimum absolute atomic E-state index is 0.000124. The van der Waals surface area contributed by atoms with Crippen molar-refractivity contribution in [1.82, 2.24) is 5.32 Å². The molecule has 1 amide bonds. The Morgan fingerprint density at radius 2 is 1.74 bits per heavy atom. The minimum Gasteiger partial charge on any atom is -0.493 e. The Balaban J connectivity index is 1.29. The first-order valence-electron chi connectivity index (χ1n) is 11.2. The highest BCUT2D eigenvalue weighted by atomic mass is 16.6. The van der Waals surface area contributed by atoms with Gasteiger partial charge in [0.15, 0.2) is 0 Å². The number of nitrogens with zero attached hydrogens (tertiary/aromatic N) is 1. The molecule has 0 spiro atoms. The van der Waals surface area contributed by atoms with Crippen LogP contribution in [0.25, 0.3) is 17.2 Å². The second-order valence-electron chi connectivity index (χ2n) is 7.86. The average Bonchev–Trinajstić information content (AvgIpc) is 3.17. The number of fused-ring (bicyclic) bond motifs is 3. The molecular formula is C27H26N2O5. The summed E-state index contributed by atoms with van der Waals surface area (Å²) >= 11 is 0. The number of carbonyl (C=O) groups excluding carboxylic acids is 1. The summed E-state index contributed by atoms with van der Waals surface area (Å²) in [6.07, 6.45) is 3.67. The van der Waals surface area contributed by atoms with E-state index in [-0.39, 0.29) is 18.2 Å². The van der Waals surface area contributed by atoms with Gasteiger partial charge in [0, 0.05) is 30.2 Å². The van der Waals surface area contributed by atoms with E-state index in [1.165, 1.54) is 34.4 Å². The Morgan fingerprint density at radius 1 is 1.06 bits per heavy atom. The number of rotatable bonds is 9. The monoisotopic (exact) mass is 458 g/mol. The number of nitrogens with one attached hydrogen (secondary N) is 1. The lowest BCUT2D eigenvalue weighted by molar-refractivity contribution is -0.384. The molecule has 4 rings (SSSR count). The van der Waals surface area contributed by atoms with Gasteiger partial charge in [-0.15, -0.1) is 0 Å². The number of nitro groups is 1. The molecule has 0 unspecified atom stereocenters.